The van der Waals surface area contributed by atoms with Crippen LogP contribution in [0.4, 0.5) is 5.69 Å². The molecule has 0 radical (unpaired) electrons. The van der Waals surface area contributed by atoms with E-state index in [1.54, 1.807) is 17.0 Å². The van der Waals surface area contributed by atoms with E-state index < -0.39 is 4.92 Å². The third kappa shape index (κ3) is 2.98. The summed E-state index contributed by atoms with van der Waals surface area (Å²) in [4.78, 5) is 24.6. The molecule has 5 heteroatoms. The number of carbonyl (C=O) groups excluding carboxylic acids is 1. The van der Waals surface area contributed by atoms with Gasteiger partial charge in [-0.25, -0.2) is 0 Å². The van der Waals surface area contributed by atoms with Crippen molar-refractivity contribution in [2.75, 3.05) is 6.54 Å². The molecule has 0 saturated carbocycles. The maximum absolute atomic E-state index is 12.4. The highest BCUT2D eigenvalue weighted by atomic mass is 16.6. The van der Waals surface area contributed by atoms with Crippen LogP contribution in [-0.4, -0.2) is 28.3 Å². The SMILES string of the molecule is O=C(c1ccccc1[N+](=O)[O-])N1C[C@@H]1CCc1ccccc1. The predicted molar refractivity (Wildman–Crippen MR) is 82.7 cm³/mol. The fourth-order valence-corrected chi connectivity index (χ4v) is 2.62. The molecule has 1 aliphatic heterocycles. The Balaban J connectivity index is 1.63. The first-order chi connectivity index (χ1) is 10.7. The summed E-state index contributed by atoms with van der Waals surface area (Å²) in [5.41, 5.74) is 1.29. The first-order valence-corrected chi connectivity index (χ1v) is 7.25. The van der Waals surface area contributed by atoms with E-state index in [0.29, 0.717) is 6.54 Å². The van der Waals surface area contributed by atoms with Crippen LogP contribution < -0.4 is 0 Å². The Hall–Kier alpha value is -2.69. The molecule has 2 aromatic carbocycles. The van der Waals surface area contributed by atoms with Crippen molar-refractivity contribution in [3.05, 3.63) is 75.8 Å². The molecule has 2 aromatic rings. The fourth-order valence-electron chi connectivity index (χ4n) is 2.62. The molecule has 0 aromatic heterocycles. The Labute approximate surface area is 128 Å². The van der Waals surface area contributed by atoms with Gasteiger partial charge in [0.2, 0.25) is 0 Å². The van der Waals surface area contributed by atoms with Crippen LogP contribution in [0.2, 0.25) is 0 Å². The zero-order valence-corrected chi connectivity index (χ0v) is 12.0. The summed E-state index contributed by atoms with van der Waals surface area (Å²) >= 11 is 0. The van der Waals surface area contributed by atoms with Gasteiger partial charge < -0.3 is 4.90 Å². The summed E-state index contributed by atoms with van der Waals surface area (Å²) in [6, 6.07) is 16.4. The quantitative estimate of drug-likeness (QED) is 0.484. The van der Waals surface area contributed by atoms with E-state index in [1.807, 2.05) is 18.2 Å². The summed E-state index contributed by atoms with van der Waals surface area (Å²) in [6.45, 7) is 0.678. The molecule has 1 saturated heterocycles. The number of amides is 1. The second kappa shape index (κ2) is 5.97. The number of rotatable bonds is 5. The van der Waals surface area contributed by atoms with Crippen molar-refractivity contribution in [1.82, 2.24) is 4.90 Å². The van der Waals surface area contributed by atoms with Crippen molar-refractivity contribution in [3.8, 4) is 0 Å². The average molecular weight is 296 g/mol. The normalized spacial score (nSPS) is 16.4. The molecule has 1 fully saturated rings. The molecule has 0 unspecified atom stereocenters. The minimum absolute atomic E-state index is 0.124. The summed E-state index contributed by atoms with van der Waals surface area (Å²) in [5.74, 6) is -0.245. The van der Waals surface area contributed by atoms with Crippen molar-refractivity contribution >= 4 is 11.6 Å². The molecule has 5 nitrogen and oxygen atoms in total. The molecule has 0 spiro atoms. The molecule has 1 heterocycles. The van der Waals surface area contributed by atoms with Gasteiger partial charge in [-0.3, -0.25) is 14.9 Å². The Bertz CT molecular complexity index is 700. The number of hydrogen-bond donors (Lipinski definition) is 0. The van der Waals surface area contributed by atoms with Gasteiger partial charge in [-0.05, 0) is 24.5 Å². The highest BCUT2D eigenvalue weighted by molar-refractivity contribution is 5.99. The first kappa shape index (κ1) is 14.3. The van der Waals surface area contributed by atoms with E-state index in [-0.39, 0.29) is 23.2 Å². The second-order valence-corrected chi connectivity index (χ2v) is 5.41. The topological polar surface area (TPSA) is 63.2 Å². The van der Waals surface area contributed by atoms with Crippen molar-refractivity contribution in [1.29, 1.82) is 0 Å². The van der Waals surface area contributed by atoms with Crippen molar-refractivity contribution in [2.45, 2.75) is 18.9 Å². The molecule has 22 heavy (non-hydrogen) atoms. The highest BCUT2D eigenvalue weighted by Crippen LogP contribution is 2.28. The van der Waals surface area contributed by atoms with Crippen molar-refractivity contribution in [2.24, 2.45) is 0 Å². The zero-order chi connectivity index (χ0) is 15.5. The van der Waals surface area contributed by atoms with Crippen LogP contribution in [0.15, 0.2) is 54.6 Å². The minimum atomic E-state index is -0.504. The Kier molecular flexibility index (Phi) is 3.87. The molecule has 0 aliphatic carbocycles. The standard InChI is InChI=1S/C17H16N2O3/c20-17(15-8-4-5-9-16(15)19(21)22)18-12-14(18)11-10-13-6-2-1-3-7-13/h1-9,14H,10-12H2/t14-,18?/m0/s1. The molecule has 1 amide bonds. The lowest BCUT2D eigenvalue weighted by atomic mass is 10.1. The number of nitro benzene ring substituents is 1. The number of para-hydroxylation sites is 1. The van der Waals surface area contributed by atoms with Crippen molar-refractivity contribution in [3.63, 3.8) is 0 Å². The van der Waals surface area contributed by atoms with E-state index in [2.05, 4.69) is 12.1 Å². The van der Waals surface area contributed by atoms with E-state index >= 15 is 0 Å². The molecule has 112 valence electrons. The molecule has 1 atom stereocenters. The fraction of sp³-hybridized carbons (Fsp3) is 0.235. The van der Waals surface area contributed by atoms with E-state index in [4.69, 9.17) is 0 Å². The molecule has 0 N–H and O–H groups in total. The van der Waals surface area contributed by atoms with Crippen LogP contribution in [0.1, 0.15) is 22.3 Å². The first-order valence-electron chi connectivity index (χ1n) is 7.25. The van der Waals surface area contributed by atoms with Crippen LogP contribution in [0.5, 0.6) is 0 Å². The van der Waals surface area contributed by atoms with Gasteiger partial charge in [0, 0.05) is 12.6 Å². The number of aryl methyl sites for hydroxylation is 1. The molecule has 0 bridgehead atoms. The lowest BCUT2D eigenvalue weighted by Crippen LogP contribution is -2.15. The zero-order valence-electron chi connectivity index (χ0n) is 12.0. The highest BCUT2D eigenvalue weighted by Gasteiger charge is 2.40. The second-order valence-electron chi connectivity index (χ2n) is 5.41. The van der Waals surface area contributed by atoms with Gasteiger partial charge in [-0.2, -0.15) is 0 Å². The van der Waals surface area contributed by atoms with Crippen LogP contribution in [0.3, 0.4) is 0 Å². The number of nitro groups is 1. The number of nitrogens with zero attached hydrogens (tertiary/aromatic N) is 2. The van der Waals surface area contributed by atoms with Gasteiger partial charge >= 0.3 is 0 Å². The third-order valence-electron chi connectivity index (χ3n) is 3.92. The monoisotopic (exact) mass is 296 g/mol. The molecular weight excluding hydrogens is 280 g/mol. The lowest BCUT2D eigenvalue weighted by molar-refractivity contribution is -0.385. The lowest BCUT2D eigenvalue weighted by Gasteiger charge is -2.05. The maximum atomic E-state index is 12.4. The van der Waals surface area contributed by atoms with Gasteiger partial charge in [0.05, 0.1) is 11.0 Å². The number of carbonyl (C=O) groups is 1. The molecular formula is C17H16N2O3. The van der Waals surface area contributed by atoms with Gasteiger partial charge in [0.15, 0.2) is 0 Å². The van der Waals surface area contributed by atoms with Gasteiger partial charge in [0.1, 0.15) is 5.56 Å². The minimum Gasteiger partial charge on any atom is -0.332 e. The largest absolute Gasteiger partial charge is 0.332 e. The maximum Gasteiger partial charge on any atom is 0.282 e. The molecule has 1 aliphatic rings. The van der Waals surface area contributed by atoms with Crippen LogP contribution >= 0.6 is 0 Å². The smallest absolute Gasteiger partial charge is 0.282 e. The summed E-state index contributed by atoms with van der Waals surface area (Å²) in [7, 11) is 0. The van der Waals surface area contributed by atoms with Crippen molar-refractivity contribution < 1.29 is 9.72 Å². The van der Waals surface area contributed by atoms with Gasteiger partial charge in [0.25, 0.3) is 11.6 Å². The van der Waals surface area contributed by atoms with E-state index in [9.17, 15) is 14.9 Å². The summed E-state index contributed by atoms with van der Waals surface area (Å²) in [5, 5.41) is 11.0. The predicted octanol–water partition coefficient (Wildman–Crippen LogP) is 3.05. The average Bonchev–Trinajstić information content (AvgIpc) is 3.33. The third-order valence-corrected chi connectivity index (χ3v) is 3.92. The van der Waals surface area contributed by atoms with Gasteiger partial charge in [-0.1, -0.05) is 42.5 Å². The van der Waals surface area contributed by atoms with E-state index in [0.717, 1.165) is 12.8 Å². The summed E-state index contributed by atoms with van der Waals surface area (Å²) < 4.78 is 0. The number of hydrogen-bond acceptors (Lipinski definition) is 3. The van der Waals surface area contributed by atoms with Crippen LogP contribution in [0, 0.1) is 10.1 Å². The Morgan fingerprint density at radius 2 is 1.82 bits per heavy atom. The van der Waals surface area contributed by atoms with E-state index in [1.165, 1.54) is 17.7 Å². The van der Waals surface area contributed by atoms with Crippen LogP contribution in [-0.2, 0) is 6.42 Å². The Morgan fingerprint density at radius 3 is 2.55 bits per heavy atom. The summed E-state index contributed by atoms with van der Waals surface area (Å²) in [6.07, 6.45) is 1.79. The molecule has 3 rings (SSSR count). The number of benzene rings is 2. The van der Waals surface area contributed by atoms with Gasteiger partial charge in [-0.15, -0.1) is 0 Å². The Morgan fingerprint density at radius 1 is 1.14 bits per heavy atom. The van der Waals surface area contributed by atoms with Crippen LogP contribution in [0.25, 0.3) is 0 Å².